The highest BCUT2D eigenvalue weighted by Crippen LogP contribution is 2.31. The monoisotopic (exact) mass is 298 g/mol. The van der Waals surface area contributed by atoms with Crippen molar-refractivity contribution in [3.8, 4) is 0 Å². The molecule has 0 saturated carbocycles. The van der Waals surface area contributed by atoms with Gasteiger partial charge in [0.25, 0.3) is 0 Å². The van der Waals surface area contributed by atoms with Crippen molar-refractivity contribution in [1.29, 1.82) is 0 Å². The van der Waals surface area contributed by atoms with E-state index in [9.17, 15) is 9.18 Å². The second-order valence-corrected chi connectivity index (χ2v) is 5.71. The van der Waals surface area contributed by atoms with E-state index >= 15 is 0 Å². The molecule has 0 aliphatic carbocycles. The Balaban J connectivity index is 1.59. The molecule has 3 rings (SSSR count). The molecule has 0 saturated heterocycles. The fourth-order valence-corrected chi connectivity index (χ4v) is 2.88. The van der Waals surface area contributed by atoms with Crippen LogP contribution in [0, 0.1) is 5.82 Å². The van der Waals surface area contributed by atoms with E-state index < -0.39 is 0 Å². The summed E-state index contributed by atoms with van der Waals surface area (Å²) in [4.78, 5) is 14.3. The van der Waals surface area contributed by atoms with E-state index in [1.165, 1.54) is 17.7 Å². The van der Waals surface area contributed by atoms with Crippen LogP contribution in [-0.4, -0.2) is 18.5 Å². The molecule has 4 heteroatoms. The van der Waals surface area contributed by atoms with Crippen molar-refractivity contribution >= 4 is 11.6 Å². The van der Waals surface area contributed by atoms with Crippen molar-refractivity contribution in [3.63, 3.8) is 0 Å². The van der Waals surface area contributed by atoms with Gasteiger partial charge in [0.2, 0.25) is 5.91 Å². The molecular weight excluding hydrogens is 279 g/mol. The van der Waals surface area contributed by atoms with Crippen LogP contribution in [0.3, 0.4) is 0 Å². The van der Waals surface area contributed by atoms with E-state index in [0.29, 0.717) is 19.1 Å². The second-order valence-electron chi connectivity index (χ2n) is 5.71. The lowest BCUT2D eigenvalue weighted by Crippen LogP contribution is -2.39. The molecule has 1 atom stereocenters. The van der Waals surface area contributed by atoms with E-state index in [0.717, 1.165) is 17.7 Å². The Morgan fingerprint density at radius 2 is 1.95 bits per heavy atom. The number of amides is 1. The first kappa shape index (κ1) is 14.6. The minimum absolute atomic E-state index is 0.0205. The molecule has 1 heterocycles. The maximum atomic E-state index is 12.8. The van der Waals surface area contributed by atoms with Gasteiger partial charge >= 0.3 is 0 Å². The zero-order valence-corrected chi connectivity index (χ0v) is 12.6. The zero-order chi connectivity index (χ0) is 15.5. The van der Waals surface area contributed by atoms with Gasteiger partial charge in [0.1, 0.15) is 5.82 Å². The molecule has 1 N–H and O–H groups in total. The average Bonchev–Trinajstić information content (AvgIpc) is 2.83. The highest BCUT2D eigenvalue weighted by atomic mass is 19.1. The topological polar surface area (TPSA) is 32.3 Å². The van der Waals surface area contributed by atoms with Crippen LogP contribution in [0.5, 0.6) is 0 Å². The number of anilines is 1. The van der Waals surface area contributed by atoms with Gasteiger partial charge in [-0.3, -0.25) is 4.79 Å². The third-order valence-electron chi connectivity index (χ3n) is 4.07. The SMILES string of the molecule is C[C@H]1Cc2ccccc2N1CC(=O)NCc1ccc(F)cc1. The van der Waals surface area contributed by atoms with Crippen LogP contribution in [0.2, 0.25) is 0 Å². The minimum Gasteiger partial charge on any atom is -0.359 e. The Morgan fingerprint density at radius 3 is 2.73 bits per heavy atom. The van der Waals surface area contributed by atoms with Gasteiger partial charge in [0, 0.05) is 18.3 Å². The van der Waals surface area contributed by atoms with Gasteiger partial charge in [0.15, 0.2) is 0 Å². The van der Waals surface area contributed by atoms with Gasteiger partial charge in [-0.15, -0.1) is 0 Å². The number of hydrogen-bond acceptors (Lipinski definition) is 2. The van der Waals surface area contributed by atoms with E-state index in [2.05, 4.69) is 29.3 Å². The number of carbonyl (C=O) groups is 1. The summed E-state index contributed by atoms with van der Waals surface area (Å²) in [7, 11) is 0. The Morgan fingerprint density at radius 1 is 1.23 bits per heavy atom. The summed E-state index contributed by atoms with van der Waals surface area (Å²) in [5.74, 6) is -0.287. The normalized spacial score (nSPS) is 16.5. The standard InChI is InChI=1S/C18H19FN2O/c1-13-10-15-4-2-3-5-17(15)21(13)12-18(22)20-11-14-6-8-16(19)9-7-14/h2-9,13H,10-12H2,1H3,(H,20,22)/t13-/m0/s1. The van der Waals surface area contributed by atoms with Crippen LogP contribution in [0.25, 0.3) is 0 Å². The first-order valence-electron chi connectivity index (χ1n) is 7.49. The smallest absolute Gasteiger partial charge is 0.239 e. The summed E-state index contributed by atoms with van der Waals surface area (Å²) in [6.07, 6.45) is 0.974. The van der Waals surface area contributed by atoms with E-state index in [1.807, 2.05) is 12.1 Å². The molecule has 2 aromatic rings. The van der Waals surface area contributed by atoms with Gasteiger partial charge in [-0.05, 0) is 42.7 Å². The van der Waals surface area contributed by atoms with Crippen molar-refractivity contribution in [3.05, 3.63) is 65.5 Å². The number of rotatable bonds is 4. The largest absolute Gasteiger partial charge is 0.359 e. The highest BCUT2D eigenvalue weighted by Gasteiger charge is 2.26. The third-order valence-corrected chi connectivity index (χ3v) is 4.07. The Labute approximate surface area is 129 Å². The second kappa shape index (κ2) is 6.18. The lowest BCUT2D eigenvalue weighted by Gasteiger charge is -2.24. The number of nitrogens with zero attached hydrogens (tertiary/aromatic N) is 1. The van der Waals surface area contributed by atoms with Crippen molar-refractivity contribution in [1.82, 2.24) is 5.32 Å². The van der Waals surface area contributed by atoms with E-state index in [-0.39, 0.29) is 11.7 Å². The van der Waals surface area contributed by atoms with Crippen molar-refractivity contribution in [2.45, 2.75) is 25.9 Å². The first-order valence-corrected chi connectivity index (χ1v) is 7.49. The summed E-state index contributed by atoms with van der Waals surface area (Å²) >= 11 is 0. The molecule has 1 aliphatic rings. The molecule has 3 nitrogen and oxygen atoms in total. The van der Waals surface area contributed by atoms with Gasteiger partial charge in [-0.1, -0.05) is 30.3 Å². The molecular formula is C18H19FN2O. The zero-order valence-electron chi connectivity index (χ0n) is 12.6. The van der Waals surface area contributed by atoms with Crippen molar-refractivity contribution in [2.24, 2.45) is 0 Å². The predicted octanol–water partition coefficient (Wildman–Crippen LogP) is 2.89. The van der Waals surface area contributed by atoms with Gasteiger partial charge in [-0.2, -0.15) is 0 Å². The maximum Gasteiger partial charge on any atom is 0.239 e. The number of para-hydroxylation sites is 1. The molecule has 0 spiro atoms. The summed E-state index contributed by atoms with van der Waals surface area (Å²) in [6, 6.07) is 14.7. The van der Waals surface area contributed by atoms with Crippen molar-refractivity contribution in [2.75, 3.05) is 11.4 Å². The molecule has 1 aliphatic heterocycles. The number of benzene rings is 2. The molecule has 0 aromatic heterocycles. The van der Waals surface area contributed by atoms with Crippen LogP contribution < -0.4 is 10.2 Å². The number of hydrogen-bond donors (Lipinski definition) is 1. The van der Waals surface area contributed by atoms with Gasteiger partial charge < -0.3 is 10.2 Å². The molecule has 0 bridgehead atoms. The summed E-state index contributed by atoms with van der Waals surface area (Å²) in [6.45, 7) is 2.90. The lowest BCUT2D eigenvalue weighted by atomic mass is 10.1. The molecule has 2 aromatic carbocycles. The van der Waals surface area contributed by atoms with Crippen LogP contribution in [0.15, 0.2) is 48.5 Å². The molecule has 1 amide bonds. The lowest BCUT2D eigenvalue weighted by molar-refractivity contribution is -0.120. The van der Waals surface area contributed by atoms with Crippen LogP contribution in [0.4, 0.5) is 10.1 Å². The van der Waals surface area contributed by atoms with Crippen molar-refractivity contribution < 1.29 is 9.18 Å². The summed E-state index contributed by atoms with van der Waals surface area (Å²) < 4.78 is 12.8. The number of fused-ring (bicyclic) bond motifs is 1. The molecule has 0 radical (unpaired) electrons. The summed E-state index contributed by atoms with van der Waals surface area (Å²) in [5.41, 5.74) is 3.33. The quantitative estimate of drug-likeness (QED) is 0.941. The molecule has 114 valence electrons. The number of halogens is 1. The van der Waals surface area contributed by atoms with Gasteiger partial charge in [-0.25, -0.2) is 4.39 Å². The Kier molecular flexibility index (Phi) is 4.09. The van der Waals surface area contributed by atoms with E-state index in [4.69, 9.17) is 0 Å². The minimum atomic E-state index is -0.266. The Bertz CT molecular complexity index is 669. The fourth-order valence-electron chi connectivity index (χ4n) is 2.88. The molecule has 0 unspecified atom stereocenters. The fraction of sp³-hybridized carbons (Fsp3) is 0.278. The van der Waals surface area contributed by atoms with E-state index in [1.54, 1.807) is 12.1 Å². The molecule has 0 fully saturated rings. The highest BCUT2D eigenvalue weighted by molar-refractivity contribution is 5.82. The van der Waals surface area contributed by atoms with Crippen LogP contribution in [0.1, 0.15) is 18.1 Å². The maximum absolute atomic E-state index is 12.8. The average molecular weight is 298 g/mol. The number of nitrogens with one attached hydrogen (secondary N) is 1. The Hall–Kier alpha value is -2.36. The van der Waals surface area contributed by atoms with Crippen LogP contribution >= 0.6 is 0 Å². The predicted molar refractivity (Wildman–Crippen MR) is 85.2 cm³/mol. The van der Waals surface area contributed by atoms with Crippen LogP contribution in [-0.2, 0) is 17.8 Å². The first-order chi connectivity index (χ1) is 10.6. The summed E-state index contributed by atoms with van der Waals surface area (Å²) in [5, 5.41) is 2.89. The molecule has 22 heavy (non-hydrogen) atoms. The number of carbonyl (C=O) groups excluding carboxylic acids is 1. The third kappa shape index (κ3) is 3.11. The van der Waals surface area contributed by atoms with Gasteiger partial charge in [0.05, 0.1) is 6.54 Å².